The summed E-state index contributed by atoms with van der Waals surface area (Å²) in [6, 6.07) is 7.48. The average Bonchev–Trinajstić information content (AvgIpc) is 3.03. The number of hydrogen-bond acceptors (Lipinski definition) is 5. The maximum Gasteiger partial charge on any atom is 0.283 e. The van der Waals surface area contributed by atoms with Crippen LogP contribution < -0.4 is 4.74 Å². The summed E-state index contributed by atoms with van der Waals surface area (Å²) in [5.41, 5.74) is 0.737. The molecular formula is C13H12N2O3. The quantitative estimate of drug-likeness (QED) is 0.708. The highest BCUT2D eigenvalue weighted by Gasteiger charge is 2.14. The second-order valence-corrected chi connectivity index (χ2v) is 3.84. The largest absolute Gasteiger partial charge is 0.496 e. The van der Waals surface area contributed by atoms with Gasteiger partial charge in [0.25, 0.3) is 5.89 Å². The SMILES string of the molecule is CCc1nnc(-c2cc3c(OC)cccc3o2)o1. The summed E-state index contributed by atoms with van der Waals surface area (Å²) >= 11 is 0. The Balaban J connectivity index is 2.13. The van der Waals surface area contributed by atoms with E-state index in [1.165, 1.54) is 0 Å². The molecule has 2 heterocycles. The molecule has 0 aliphatic heterocycles. The topological polar surface area (TPSA) is 61.3 Å². The molecule has 0 saturated carbocycles. The fraction of sp³-hybridized carbons (Fsp3) is 0.231. The van der Waals surface area contributed by atoms with Crippen LogP contribution in [0.4, 0.5) is 0 Å². The molecular weight excluding hydrogens is 232 g/mol. The van der Waals surface area contributed by atoms with Gasteiger partial charge in [0, 0.05) is 12.5 Å². The molecule has 0 spiro atoms. The molecule has 3 aromatic rings. The average molecular weight is 244 g/mol. The van der Waals surface area contributed by atoms with E-state index in [4.69, 9.17) is 13.6 Å². The van der Waals surface area contributed by atoms with Crippen LogP contribution >= 0.6 is 0 Å². The Morgan fingerprint density at radius 1 is 1.22 bits per heavy atom. The van der Waals surface area contributed by atoms with E-state index in [0.29, 0.717) is 24.0 Å². The summed E-state index contributed by atoms with van der Waals surface area (Å²) in [5.74, 6) is 2.31. The number of furan rings is 1. The molecule has 0 saturated heterocycles. The van der Waals surface area contributed by atoms with Gasteiger partial charge in [-0.2, -0.15) is 0 Å². The van der Waals surface area contributed by atoms with Gasteiger partial charge in [0.15, 0.2) is 5.76 Å². The van der Waals surface area contributed by atoms with Crippen molar-refractivity contribution in [3.63, 3.8) is 0 Å². The zero-order chi connectivity index (χ0) is 12.5. The summed E-state index contributed by atoms with van der Waals surface area (Å²) in [6.07, 6.45) is 0.705. The zero-order valence-corrected chi connectivity index (χ0v) is 10.1. The van der Waals surface area contributed by atoms with Crippen molar-refractivity contribution in [2.75, 3.05) is 7.11 Å². The second kappa shape index (κ2) is 4.18. The van der Waals surface area contributed by atoms with Crippen molar-refractivity contribution in [2.24, 2.45) is 0 Å². The van der Waals surface area contributed by atoms with E-state index in [0.717, 1.165) is 16.7 Å². The van der Waals surface area contributed by atoms with Crippen LogP contribution in [0.5, 0.6) is 5.75 Å². The van der Waals surface area contributed by atoms with Gasteiger partial charge in [-0.3, -0.25) is 0 Å². The molecule has 0 aliphatic rings. The monoisotopic (exact) mass is 244 g/mol. The standard InChI is InChI=1S/C13H12N2O3/c1-3-12-14-15-13(18-12)11-7-8-9(16-2)5-4-6-10(8)17-11/h4-7H,3H2,1-2H3. The maximum absolute atomic E-state index is 5.68. The first-order valence-electron chi connectivity index (χ1n) is 5.71. The van der Waals surface area contributed by atoms with Crippen molar-refractivity contribution in [1.29, 1.82) is 0 Å². The van der Waals surface area contributed by atoms with Crippen molar-refractivity contribution in [3.05, 3.63) is 30.2 Å². The Hall–Kier alpha value is -2.30. The van der Waals surface area contributed by atoms with E-state index in [9.17, 15) is 0 Å². The summed E-state index contributed by atoms with van der Waals surface area (Å²) < 4.78 is 16.4. The van der Waals surface area contributed by atoms with E-state index >= 15 is 0 Å². The minimum Gasteiger partial charge on any atom is -0.496 e. The van der Waals surface area contributed by atoms with Crippen LogP contribution in [0.3, 0.4) is 0 Å². The molecule has 0 unspecified atom stereocenters. The number of fused-ring (bicyclic) bond motifs is 1. The number of aryl methyl sites for hydroxylation is 1. The lowest BCUT2D eigenvalue weighted by Gasteiger charge is -1.98. The van der Waals surface area contributed by atoms with Crippen molar-refractivity contribution in [1.82, 2.24) is 10.2 Å². The Labute approximate surface area is 103 Å². The van der Waals surface area contributed by atoms with Gasteiger partial charge in [0.05, 0.1) is 12.5 Å². The number of aromatic nitrogens is 2. The number of hydrogen-bond donors (Lipinski definition) is 0. The van der Waals surface area contributed by atoms with Gasteiger partial charge in [0.2, 0.25) is 5.89 Å². The van der Waals surface area contributed by atoms with Crippen molar-refractivity contribution in [2.45, 2.75) is 13.3 Å². The first-order chi connectivity index (χ1) is 8.81. The molecule has 5 heteroatoms. The van der Waals surface area contributed by atoms with Gasteiger partial charge < -0.3 is 13.6 Å². The van der Waals surface area contributed by atoms with E-state index in [2.05, 4.69) is 10.2 Å². The van der Waals surface area contributed by atoms with Crippen LogP contribution in [0.25, 0.3) is 22.6 Å². The predicted molar refractivity (Wildman–Crippen MR) is 65.4 cm³/mol. The lowest BCUT2D eigenvalue weighted by molar-refractivity contribution is 0.419. The summed E-state index contributed by atoms with van der Waals surface area (Å²) in [7, 11) is 1.63. The molecule has 2 aromatic heterocycles. The first-order valence-corrected chi connectivity index (χ1v) is 5.71. The summed E-state index contributed by atoms with van der Waals surface area (Å²) in [6.45, 7) is 1.96. The van der Waals surface area contributed by atoms with Gasteiger partial charge >= 0.3 is 0 Å². The van der Waals surface area contributed by atoms with Crippen molar-refractivity contribution < 1.29 is 13.6 Å². The predicted octanol–water partition coefficient (Wildman–Crippen LogP) is 3.05. The number of benzene rings is 1. The minimum atomic E-state index is 0.394. The molecule has 92 valence electrons. The second-order valence-electron chi connectivity index (χ2n) is 3.84. The third kappa shape index (κ3) is 1.64. The van der Waals surface area contributed by atoms with E-state index in [1.54, 1.807) is 7.11 Å². The van der Waals surface area contributed by atoms with Gasteiger partial charge in [-0.05, 0) is 12.1 Å². The molecule has 0 atom stereocenters. The van der Waals surface area contributed by atoms with Crippen LogP contribution in [0.2, 0.25) is 0 Å². The molecule has 3 rings (SSSR count). The number of ether oxygens (including phenoxy) is 1. The van der Waals surface area contributed by atoms with Crippen molar-refractivity contribution >= 4 is 11.0 Å². The first kappa shape index (κ1) is 10.8. The Bertz CT molecular complexity index is 684. The smallest absolute Gasteiger partial charge is 0.283 e. The molecule has 1 aromatic carbocycles. The zero-order valence-electron chi connectivity index (χ0n) is 10.1. The normalized spacial score (nSPS) is 11.0. The molecule has 0 amide bonds. The van der Waals surface area contributed by atoms with Gasteiger partial charge in [0.1, 0.15) is 11.3 Å². The van der Waals surface area contributed by atoms with Crippen LogP contribution in [-0.2, 0) is 6.42 Å². The number of methoxy groups -OCH3 is 1. The fourth-order valence-electron chi connectivity index (χ4n) is 1.81. The third-order valence-corrected chi connectivity index (χ3v) is 2.72. The van der Waals surface area contributed by atoms with Gasteiger partial charge in [-0.15, -0.1) is 10.2 Å². The Morgan fingerprint density at radius 2 is 2.11 bits per heavy atom. The van der Waals surface area contributed by atoms with Crippen LogP contribution in [0, 0.1) is 0 Å². The highest BCUT2D eigenvalue weighted by molar-refractivity contribution is 5.87. The highest BCUT2D eigenvalue weighted by atomic mass is 16.5. The molecule has 0 N–H and O–H groups in total. The van der Waals surface area contributed by atoms with E-state index in [1.807, 2.05) is 31.2 Å². The lowest BCUT2D eigenvalue weighted by Crippen LogP contribution is -1.81. The van der Waals surface area contributed by atoms with E-state index < -0.39 is 0 Å². The number of nitrogens with zero attached hydrogens (tertiary/aromatic N) is 2. The molecule has 0 bridgehead atoms. The third-order valence-electron chi connectivity index (χ3n) is 2.72. The molecule has 18 heavy (non-hydrogen) atoms. The fourth-order valence-corrected chi connectivity index (χ4v) is 1.81. The lowest BCUT2D eigenvalue weighted by atomic mass is 10.2. The summed E-state index contributed by atoms with van der Waals surface area (Å²) in [4.78, 5) is 0. The van der Waals surface area contributed by atoms with E-state index in [-0.39, 0.29) is 0 Å². The maximum atomic E-state index is 5.68. The summed E-state index contributed by atoms with van der Waals surface area (Å²) in [5, 5.41) is 8.77. The van der Waals surface area contributed by atoms with Crippen LogP contribution in [-0.4, -0.2) is 17.3 Å². The Kier molecular flexibility index (Phi) is 2.51. The van der Waals surface area contributed by atoms with Gasteiger partial charge in [-0.1, -0.05) is 13.0 Å². The minimum absolute atomic E-state index is 0.394. The molecule has 0 radical (unpaired) electrons. The molecule has 0 fully saturated rings. The van der Waals surface area contributed by atoms with Crippen molar-refractivity contribution in [3.8, 4) is 17.4 Å². The Morgan fingerprint density at radius 3 is 2.83 bits per heavy atom. The molecule has 0 aliphatic carbocycles. The van der Waals surface area contributed by atoms with Crippen LogP contribution in [0.15, 0.2) is 33.1 Å². The number of rotatable bonds is 3. The highest BCUT2D eigenvalue weighted by Crippen LogP contribution is 2.32. The van der Waals surface area contributed by atoms with Gasteiger partial charge in [-0.25, -0.2) is 0 Å². The molecule has 5 nitrogen and oxygen atoms in total. The van der Waals surface area contributed by atoms with Crippen LogP contribution in [0.1, 0.15) is 12.8 Å².